The van der Waals surface area contributed by atoms with Crippen LogP contribution >= 0.6 is 0 Å². The van der Waals surface area contributed by atoms with Crippen LogP contribution in [0.5, 0.6) is 0 Å². The first kappa shape index (κ1) is 25.3. The molecule has 1 atom stereocenters. The molecule has 0 fully saturated rings. The number of fused-ring (bicyclic) bond motifs is 1. The molecule has 166 valence electrons. The van der Waals surface area contributed by atoms with Crippen LogP contribution in [0, 0.1) is 0 Å². The van der Waals surface area contributed by atoms with Gasteiger partial charge in [0.2, 0.25) is 0 Å². The molecule has 0 spiro atoms. The molecule has 0 bridgehead atoms. The first-order chi connectivity index (χ1) is 16.9. The first-order valence-electron chi connectivity index (χ1n) is 12.5. The van der Waals surface area contributed by atoms with E-state index in [0.29, 0.717) is 0 Å². The third-order valence-corrected chi connectivity index (χ3v) is 6.88. The average Bonchev–Trinajstić information content (AvgIpc) is 3.10. The van der Waals surface area contributed by atoms with Crippen molar-refractivity contribution >= 4 is 48.3 Å². The van der Waals surface area contributed by atoms with Gasteiger partial charge < -0.3 is 4.90 Å². The molecule has 3 aromatic rings. The van der Waals surface area contributed by atoms with E-state index >= 15 is 0 Å². The monoisotopic (exact) mass is 447 g/mol. The fourth-order valence-corrected chi connectivity index (χ4v) is 4.94. The topological polar surface area (TPSA) is 3.24 Å². The molecule has 1 heterocycles. The molecule has 0 saturated heterocycles. The van der Waals surface area contributed by atoms with E-state index in [0.717, 1.165) is 52.0 Å². The van der Waals surface area contributed by atoms with Gasteiger partial charge in [0.25, 0.3) is 0 Å². The maximum absolute atomic E-state index is 6.74. The van der Waals surface area contributed by atoms with E-state index in [4.69, 9.17) is 31.4 Å². The quantitative estimate of drug-likeness (QED) is 0.415. The molecule has 0 N–H and O–H groups in total. The first-order valence-corrected chi connectivity index (χ1v) is 12.5. The minimum absolute atomic E-state index is 0.182. The zero-order valence-electron chi connectivity index (χ0n) is 20.9. The van der Waals surface area contributed by atoms with Crippen molar-refractivity contribution < 1.29 is 0 Å². The Kier molecular flexibility index (Phi) is 7.55. The smallest absolute Gasteiger partial charge is 0.0711 e. The van der Waals surface area contributed by atoms with Crippen molar-refractivity contribution in [2.24, 2.45) is 0 Å². The SMILES string of the molecule is CC.[B]C([B])c1cc(-c2ccccc2)ccc1N1c2ccc(C3=CCCC=C3)cc2C([B])([B])C1C. The minimum Gasteiger partial charge on any atom is -0.339 e. The summed E-state index contributed by atoms with van der Waals surface area (Å²) in [6.45, 7) is 6.05. The summed E-state index contributed by atoms with van der Waals surface area (Å²) >= 11 is 0. The Morgan fingerprint density at radius 1 is 0.829 bits per heavy atom. The number of anilines is 2. The minimum atomic E-state index is -1.02. The van der Waals surface area contributed by atoms with Crippen LogP contribution in [0.1, 0.15) is 56.0 Å². The molecular formula is C30H29B4N. The standard InChI is InChI=1S/C28H23B4N.C2H6/c1-18-28(31,32)24-17-22(20-10-6-3-7-11-20)13-15-26(24)33(18)25-14-12-21(16-23(25)27(29)30)19-8-4-2-5-9-19;1-2/h2,4-6,8-18,27H,3,7H2,1H3;1-2H3. The summed E-state index contributed by atoms with van der Waals surface area (Å²) in [6, 6.07) is 22.7. The third kappa shape index (κ3) is 4.70. The van der Waals surface area contributed by atoms with Crippen LogP contribution < -0.4 is 4.90 Å². The van der Waals surface area contributed by atoms with Gasteiger partial charge in [0.15, 0.2) is 0 Å². The van der Waals surface area contributed by atoms with E-state index in [2.05, 4.69) is 78.6 Å². The number of nitrogens with zero attached hydrogens (tertiary/aromatic N) is 1. The largest absolute Gasteiger partial charge is 0.339 e. The molecule has 1 aliphatic heterocycles. The normalized spacial score (nSPS) is 18.0. The summed E-state index contributed by atoms with van der Waals surface area (Å²) < 4.78 is 0. The Balaban J connectivity index is 0.00000141. The summed E-state index contributed by atoms with van der Waals surface area (Å²) in [5.74, 6) is 0. The van der Waals surface area contributed by atoms with Crippen LogP contribution in [-0.4, -0.2) is 37.4 Å². The van der Waals surface area contributed by atoms with Gasteiger partial charge in [-0.15, -0.1) is 0 Å². The molecule has 3 aromatic carbocycles. The number of hydrogen-bond donors (Lipinski definition) is 0. The van der Waals surface area contributed by atoms with Crippen LogP contribution in [0.2, 0.25) is 0 Å². The fourth-order valence-electron chi connectivity index (χ4n) is 4.94. The Morgan fingerprint density at radius 3 is 2.17 bits per heavy atom. The molecule has 35 heavy (non-hydrogen) atoms. The van der Waals surface area contributed by atoms with Crippen molar-refractivity contribution in [3.63, 3.8) is 0 Å². The summed E-state index contributed by atoms with van der Waals surface area (Å²) in [4.78, 5) is 2.18. The van der Waals surface area contributed by atoms with Gasteiger partial charge in [0.05, 0.1) is 31.4 Å². The van der Waals surface area contributed by atoms with E-state index in [1.165, 1.54) is 5.57 Å². The van der Waals surface area contributed by atoms with Crippen molar-refractivity contribution in [3.8, 4) is 11.1 Å². The maximum atomic E-state index is 6.74. The van der Waals surface area contributed by atoms with Crippen LogP contribution in [0.15, 0.2) is 85.0 Å². The lowest BCUT2D eigenvalue weighted by Gasteiger charge is -2.34. The van der Waals surface area contributed by atoms with Crippen LogP contribution in [0.3, 0.4) is 0 Å². The van der Waals surface area contributed by atoms with Crippen molar-refractivity contribution in [1.29, 1.82) is 0 Å². The Hall–Kier alpha value is -2.80. The fraction of sp³-hybridized carbons (Fsp3) is 0.267. The average molecular weight is 447 g/mol. The molecule has 2 aliphatic rings. The van der Waals surface area contributed by atoms with Gasteiger partial charge in [-0.25, -0.2) is 0 Å². The van der Waals surface area contributed by atoms with Gasteiger partial charge in [-0.3, -0.25) is 0 Å². The lowest BCUT2D eigenvalue weighted by atomic mass is 9.49. The molecule has 0 saturated carbocycles. The van der Waals surface area contributed by atoms with E-state index in [9.17, 15) is 0 Å². The molecule has 1 nitrogen and oxygen atoms in total. The maximum Gasteiger partial charge on any atom is 0.0711 e. The molecular weight excluding hydrogens is 418 g/mol. The zero-order valence-corrected chi connectivity index (χ0v) is 20.9. The second-order valence-corrected chi connectivity index (χ2v) is 9.02. The molecule has 0 aromatic heterocycles. The molecule has 1 aliphatic carbocycles. The molecule has 5 heteroatoms. The summed E-state index contributed by atoms with van der Waals surface area (Å²) in [5.41, 5.74) is 7.60. The zero-order chi connectivity index (χ0) is 25.2. The van der Waals surface area contributed by atoms with E-state index in [1.807, 2.05) is 32.0 Å². The second-order valence-electron chi connectivity index (χ2n) is 9.02. The molecule has 8 radical (unpaired) electrons. The molecule has 1 unspecified atom stereocenters. The van der Waals surface area contributed by atoms with Crippen molar-refractivity contribution in [2.75, 3.05) is 4.90 Å². The lowest BCUT2D eigenvalue weighted by molar-refractivity contribution is 0.683. The van der Waals surface area contributed by atoms with Gasteiger partial charge >= 0.3 is 0 Å². The summed E-state index contributed by atoms with van der Waals surface area (Å²) in [6.07, 6.45) is 8.77. The highest BCUT2D eigenvalue weighted by Gasteiger charge is 2.42. The van der Waals surface area contributed by atoms with E-state index < -0.39 is 10.9 Å². The van der Waals surface area contributed by atoms with Gasteiger partial charge in [-0.1, -0.05) is 91.5 Å². The number of allylic oxidation sites excluding steroid dienone is 4. The molecule has 0 amide bonds. The highest BCUT2D eigenvalue weighted by molar-refractivity contribution is 6.42. The van der Waals surface area contributed by atoms with Gasteiger partial charge in [0.1, 0.15) is 0 Å². The number of hydrogen-bond acceptors (Lipinski definition) is 1. The van der Waals surface area contributed by atoms with Crippen LogP contribution in [-0.2, 0) is 5.21 Å². The predicted molar refractivity (Wildman–Crippen MR) is 155 cm³/mol. The van der Waals surface area contributed by atoms with Crippen LogP contribution in [0.25, 0.3) is 16.7 Å². The van der Waals surface area contributed by atoms with Gasteiger partial charge in [0, 0.05) is 17.4 Å². The molecule has 5 rings (SSSR count). The Bertz CT molecular complexity index is 1240. The summed E-state index contributed by atoms with van der Waals surface area (Å²) in [5, 5.41) is -1.02. The third-order valence-electron chi connectivity index (χ3n) is 6.88. The predicted octanol–water partition coefficient (Wildman–Crippen LogP) is 6.48. The Morgan fingerprint density at radius 2 is 1.51 bits per heavy atom. The number of rotatable bonds is 4. The lowest BCUT2D eigenvalue weighted by Crippen LogP contribution is -2.42. The highest BCUT2D eigenvalue weighted by Crippen LogP contribution is 2.48. The van der Waals surface area contributed by atoms with Crippen molar-refractivity contribution in [1.82, 2.24) is 0 Å². The van der Waals surface area contributed by atoms with Crippen LogP contribution in [0.4, 0.5) is 11.4 Å². The van der Waals surface area contributed by atoms with Gasteiger partial charge in [-0.05, 0) is 71.4 Å². The summed E-state index contributed by atoms with van der Waals surface area (Å²) in [7, 11) is 26.0. The number of benzene rings is 3. The second kappa shape index (κ2) is 10.4. The van der Waals surface area contributed by atoms with E-state index in [1.54, 1.807) is 0 Å². The van der Waals surface area contributed by atoms with Crippen molar-refractivity contribution in [3.05, 3.63) is 102 Å². The highest BCUT2D eigenvalue weighted by atomic mass is 15.2. The Labute approximate surface area is 216 Å². The van der Waals surface area contributed by atoms with Gasteiger partial charge in [-0.2, -0.15) is 0 Å². The van der Waals surface area contributed by atoms with E-state index in [-0.39, 0.29) is 6.04 Å². The van der Waals surface area contributed by atoms with Crippen molar-refractivity contribution in [2.45, 2.75) is 50.6 Å².